The first-order valence-electron chi connectivity index (χ1n) is 3.52. The third-order valence-corrected chi connectivity index (χ3v) is 1.27. The third kappa shape index (κ3) is 2.57. The van der Waals surface area contributed by atoms with Gasteiger partial charge in [-0.05, 0) is 12.1 Å². The fourth-order valence-electron chi connectivity index (χ4n) is 0.697. The van der Waals surface area contributed by atoms with Crippen molar-refractivity contribution in [3.05, 3.63) is 24.0 Å². The van der Waals surface area contributed by atoms with Gasteiger partial charge in [-0.1, -0.05) is 0 Å². The van der Waals surface area contributed by atoms with E-state index in [0.29, 0.717) is 11.4 Å². The third-order valence-electron chi connectivity index (χ3n) is 1.27. The van der Waals surface area contributed by atoms with Crippen molar-refractivity contribution in [2.75, 3.05) is 5.73 Å². The number of hydrogen-bond acceptors (Lipinski definition) is 4. The van der Waals surface area contributed by atoms with E-state index in [9.17, 15) is 4.79 Å². The first kappa shape index (κ1) is 8.52. The van der Waals surface area contributed by atoms with Crippen molar-refractivity contribution in [3.63, 3.8) is 0 Å². The summed E-state index contributed by atoms with van der Waals surface area (Å²) < 4.78 is 4.73. The molecule has 0 spiro atoms. The van der Waals surface area contributed by atoms with E-state index < -0.39 is 0 Å². The molecule has 0 saturated heterocycles. The minimum Gasteiger partial charge on any atom is -0.459 e. The molecule has 0 unspecified atom stereocenters. The van der Waals surface area contributed by atoms with E-state index in [2.05, 4.69) is 4.98 Å². The molecule has 0 fully saturated rings. The first-order valence-corrected chi connectivity index (χ1v) is 3.52. The van der Waals surface area contributed by atoms with Crippen LogP contribution in [0.15, 0.2) is 18.3 Å². The molecule has 12 heavy (non-hydrogen) atoms. The molecule has 0 amide bonds. The van der Waals surface area contributed by atoms with Crippen molar-refractivity contribution in [1.82, 2.24) is 4.98 Å². The minimum absolute atomic E-state index is 0.204. The monoisotopic (exact) mass is 166 g/mol. The van der Waals surface area contributed by atoms with Crippen LogP contribution in [0.2, 0.25) is 0 Å². The molecule has 1 aromatic rings. The zero-order chi connectivity index (χ0) is 8.97. The second-order valence-corrected chi connectivity index (χ2v) is 2.36. The molecule has 0 saturated carbocycles. The van der Waals surface area contributed by atoms with Crippen LogP contribution in [0.3, 0.4) is 0 Å². The second-order valence-electron chi connectivity index (χ2n) is 2.36. The van der Waals surface area contributed by atoms with Gasteiger partial charge < -0.3 is 10.5 Å². The van der Waals surface area contributed by atoms with Gasteiger partial charge in [0, 0.05) is 6.92 Å². The maximum atomic E-state index is 10.4. The standard InChI is InChI=1S/C8H10N2O2/c1-6(11)12-5-8-3-2-7(9)4-10-8/h2-4H,5,9H2,1H3. The Morgan fingerprint density at radius 1 is 1.67 bits per heavy atom. The number of carbonyl (C=O) groups is 1. The topological polar surface area (TPSA) is 65.2 Å². The van der Waals surface area contributed by atoms with Crippen LogP contribution in [0.5, 0.6) is 0 Å². The maximum Gasteiger partial charge on any atom is 0.303 e. The van der Waals surface area contributed by atoms with Crippen LogP contribution in [-0.4, -0.2) is 11.0 Å². The Labute approximate surface area is 70.4 Å². The van der Waals surface area contributed by atoms with Gasteiger partial charge in [-0.15, -0.1) is 0 Å². The number of carbonyl (C=O) groups excluding carboxylic acids is 1. The largest absolute Gasteiger partial charge is 0.459 e. The Balaban J connectivity index is 2.53. The maximum absolute atomic E-state index is 10.4. The summed E-state index contributed by atoms with van der Waals surface area (Å²) in [5.41, 5.74) is 6.70. The average Bonchev–Trinajstić information content (AvgIpc) is 2.03. The van der Waals surface area contributed by atoms with Crippen molar-refractivity contribution >= 4 is 11.7 Å². The van der Waals surface area contributed by atoms with E-state index in [-0.39, 0.29) is 12.6 Å². The molecule has 0 aromatic carbocycles. The molecule has 4 heteroatoms. The summed E-state index contributed by atoms with van der Waals surface area (Å²) >= 11 is 0. The lowest BCUT2D eigenvalue weighted by Gasteiger charge is -2.00. The van der Waals surface area contributed by atoms with Crippen LogP contribution in [0, 0.1) is 0 Å². The van der Waals surface area contributed by atoms with Gasteiger partial charge in [-0.25, -0.2) is 0 Å². The van der Waals surface area contributed by atoms with E-state index in [1.54, 1.807) is 12.1 Å². The smallest absolute Gasteiger partial charge is 0.303 e. The van der Waals surface area contributed by atoms with Crippen LogP contribution < -0.4 is 5.73 Å². The van der Waals surface area contributed by atoms with Crippen molar-refractivity contribution in [1.29, 1.82) is 0 Å². The van der Waals surface area contributed by atoms with Gasteiger partial charge in [0.1, 0.15) is 6.61 Å². The molecule has 1 heterocycles. The van der Waals surface area contributed by atoms with Crippen LogP contribution in [-0.2, 0) is 16.1 Å². The number of rotatable bonds is 2. The Hall–Kier alpha value is -1.58. The zero-order valence-corrected chi connectivity index (χ0v) is 6.78. The van der Waals surface area contributed by atoms with Crippen molar-refractivity contribution in [2.45, 2.75) is 13.5 Å². The molecule has 1 rings (SSSR count). The summed E-state index contributed by atoms with van der Waals surface area (Å²) in [4.78, 5) is 14.4. The van der Waals surface area contributed by atoms with Crippen molar-refractivity contribution < 1.29 is 9.53 Å². The van der Waals surface area contributed by atoms with Gasteiger partial charge in [0.25, 0.3) is 0 Å². The zero-order valence-electron chi connectivity index (χ0n) is 6.78. The minimum atomic E-state index is -0.311. The fraction of sp³-hybridized carbons (Fsp3) is 0.250. The number of nitrogen functional groups attached to an aromatic ring is 1. The van der Waals surface area contributed by atoms with Crippen LogP contribution in [0.1, 0.15) is 12.6 Å². The lowest BCUT2D eigenvalue weighted by Crippen LogP contribution is -2.00. The van der Waals surface area contributed by atoms with Crippen LogP contribution in [0.25, 0.3) is 0 Å². The molecule has 64 valence electrons. The summed E-state index contributed by atoms with van der Waals surface area (Å²) in [7, 11) is 0. The summed E-state index contributed by atoms with van der Waals surface area (Å²) in [6.07, 6.45) is 1.53. The number of aromatic nitrogens is 1. The quantitative estimate of drug-likeness (QED) is 0.657. The summed E-state index contributed by atoms with van der Waals surface area (Å²) in [5.74, 6) is -0.311. The van der Waals surface area contributed by atoms with Gasteiger partial charge in [0.05, 0.1) is 17.6 Å². The highest BCUT2D eigenvalue weighted by Gasteiger charge is 1.96. The Morgan fingerprint density at radius 2 is 2.42 bits per heavy atom. The SMILES string of the molecule is CC(=O)OCc1ccc(N)cn1. The van der Waals surface area contributed by atoms with Crippen LogP contribution in [0.4, 0.5) is 5.69 Å². The molecule has 2 N–H and O–H groups in total. The van der Waals surface area contributed by atoms with E-state index in [4.69, 9.17) is 10.5 Å². The predicted octanol–water partition coefficient (Wildman–Crippen LogP) is 0.727. The molecule has 0 bridgehead atoms. The highest BCUT2D eigenvalue weighted by Crippen LogP contribution is 2.02. The second kappa shape index (κ2) is 3.71. The van der Waals surface area contributed by atoms with Gasteiger partial charge >= 0.3 is 5.97 Å². The van der Waals surface area contributed by atoms with Crippen molar-refractivity contribution in [3.8, 4) is 0 Å². The summed E-state index contributed by atoms with van der Waals surface area (Å²) in [6.45, 7) is 1.56. The number of ether oxygens (including phenoxy) is 1. The van der Waals surface area contributed by atoms with E-state index in [1.165, 1.54) is 13.1 Å². The lowest BCUT2D eigenvalue weighted by molar-refractivity contribution is -0.142. The number of anilines is 1. The van der Waals surface area contributed by atoms with Gasteiger partial charge in [-0.2, -0.15) is 0 Å². The molecule has 4 nitrogen and oxygen atoms in total. The number of pyridine rings is 1. The highest BCUT2D eigenvalue weighted by atomic mass is 16.5. The molecule has 0 radical (unpaired) electrons. The summed E-state index contributed by atoms with van der Waals surface area (Å²) in [6, 6.07) is 3.43. The normalized spacial score (nSPS) is 9.42. The number of nitrogens with two attached hydrogens (primary N) is 1. The predicted molar refractivity (Wildman–Crippen MR) is 44.1 cm³/mol. The van der Waals surface area contributed by atoms with Gasteiger partial charge in [-0.3, -0.25) is 9.78 Å². The van der Waals surface area contributed by atoms with E-state index >= 15 is 0 Å². The van der Waals surface area contributed by atoms with Gasteiger partial charge in [0.2, 0.25) is 0 Å². The van der Waals surface area contributed by atoms with Crippen molar-refractivity contribution in [2.24, 2.45) is 0 Å². The highest BCUT2D eigenvalue weighted by molar-refractivity contribution is 5.65. The Morgan fingerprint density at radius 3 is 2.92 bits per heavy atom. The molecule has 0 aliphatic carbocycles. The summed E-state index contributed by atoms with van der Waals surface area (Å²) in [5, 5.41) is 0. The Kier molecular flexibility index (Phi) is 2.63. The number of esters is 1. The molecule has 1 aromatic heterocycles. The molecular formula is C8H10N2O2. The average molecular weight is 166 g/mol. The van der Waals surface area contributed by atoms with Gasteiger partial charge in [0.15, 0.2) is 0 Å². The number of nitrogens with zero attached hydrogens (tertiary/aromatic N) is 1. The molecular weight excluding hydrogens is 156 g/mol. The van der Waals surface area contributed by atoms with E-state index in [0.717, 1.165) is 0 Å². The molecule has 0 aliphatic rings. The Bertz CT molecular complexity index is 269. The van der Waals surface area contributed by atoms with Crippen LogP contribution >= 0.6 is 0 Å². The fourth-order valence-corrected chi connectivity index (χ4v) is 0.697. The first-order chi connectivity index (χ1) is 5.68. The molecule has 0 aliphatic heterocycles. The lowest BCUT2D eigenvalue weighted by atomic mass is 10.3. The molecule has 0 atom stereocenters. The number of hydrogen-bond donors (Lipinski definition) is 1. The van der Waals surface area contributed by atoms with E-state index in [1.807, 2.05) is 0 Å².